The highest BCUT2D eigenvalue weighted by Crippen LogP contribution is 2.15. The van der Waals surface area contributed by atoms with Crippen LogP contribution in [0.2, 0.25) is 0 Å². The highest BCUT2D eigenvalue weighted by atomic mass is 14.1. The third-order valence-corrected chi connectivity index (χ3v) is 2.42. The quantitative estimate of drug-likeness (QED) is 0.502. The van der Waals surface area contributed by atoms with Crippen LogP contribution in [0.4, 0.5) is 0 Å². The molecule has 0 aliphatic rings. The Hall–Kier alpha value is -0.520. The number of hydrogen-bond acceptors (Lipinski definition) is 0. The zero-order valence-electron chi connectivity index (χ0n) is 10.3. The standard InChI is InChI=1S/C14H26/c1-12(2)8-6-10-14(5)11-7-9-13(3)4/h6,8,13-14H,1,7,9-11H2,2-5H3. The summed E-state index contributed by atoms with van der Waals surface area (Å²) >= 11 is 0. The van der Waals surface area contributed by atoms with E-state index in [9.17, 15) is 0 Å². The maximum Gasteiger partial charge on any atom is -0.0322 e. The van der Waals surface area contributed by atoms with Gasteiger partial charge in [0.1, 0.15) is 0 Å². The monoisotopic (exact) mass is 194 g/mol. The largest absolute Gasteiger partial charge is 0.0961 e. The van der Waals surface area contributed by atoms with Crippen LogP contribution < -0.4 is 0 Å². The van der Waals surface area contributed by atoms with Crippen LogP contribution in [-0.4, -0.2) is 0 Å². The Morgan fingerprint density at radius 1 is 1.21 bits per heavy atom. The van der Waals surface area contributed by atoms with Crippen LogP contribution in [-0.2, 0) is 0 Å². The van der Waals surface area contributed by atoms with E-state index in [0.717, 1.165) is 17.4 Å². The van der Waals surface area contributed by atoms with Crippen molar-refractivity contribution in [3.05, 3.63) is 24.3 Å². The van der Waals surface area contributed by atoms with E-state index in [0.29, 0.717) is 0 Å². The molecular formula is C14H26. The summed E-state index contributed by atoms with van der Waals surface area (Å²) in [5.74, 6) is 1.68. The fourth-order valence-electron chi connectivity index (χ4n) is 1.49. The third-order valence-electron chi connectivity index (χ3n) is 2.42. The zero-order chi connectivity index (χ0) is 11.0. The first-order valence-corrected chi connectivity index (χ1v) is 5.84. The van der Waals surface area contributed by atoms with Gasteiger partial charge in [0.05, 0.1) is 0 Å². The summed E-state index contributed by atoms with van der Waals surface area (Å²) in [5, 5.41) is 0. The molecule has 0 aromatic carbocycles. The van der Waals surface area contributed by atoms with Gasteiger partial charge in [0.25, 0.3) is 0 Å². The predicted octanol–water partition coefficient (Wildman–Crippen LogP) is 4.97. The second kappa shape index (κ2) is 7.84. The summed E-state index contributed by atoms with van der Waals surface area (Å²) in [7, 11) is 0. The van der Waals surface area contributed by atoms with Crippen molar-refractivity contribution in [3.63, 3.8) is 0 Å². The Bertz CT molecular complexity index is 174. The summed E-state index contributed by atoms with van der Waals surface area (Å²) in [6.45, 7) is 12.8. The first-order valence-electron chi connectivity index (χ1n) is 5.84. The first kappa shape index (κ1) is 13.5. The van der Waals surface area contributed by atoms with Gasteiger partial charge in [0.15, 0.2) is 0 Å². The van der Waals surface area contributed by atoms with E-state index in [1.54, 1.807) is 0 Å². The Balaban J connectivity index is 3.45. The van der Waals surface area contributed by atoms with Gasteiger partial charge in [-0.15, -0.1) is 0 Å². The highest BCUT2D eigenvalue weighted by Gasteiger charge is 2.00. The van der Waals surface area contributed by atoms with Gasteiger partial charge in [0.2, 0.25) is 0 Å². The van der Waals surface area contributed by atoms with E-state index in [1.165, 1.54) is 25.7 Å². The molecule has 14 heavy (non-hydrogen) atoms. The van der Waals surface area contributed by atoms with Crippen molar-refractivity contribution in [2.24, 2.45) is 11.8 Å². The Kier molecular flexibility index (Phi) is 7.55. The third kappa shape index (κ3) is 9.57. The van der Waals surface area contributed by atoms with Crippen molar-refractivity contribution in [2.45, 2.75) is 53.4 Å². The molecule has 0 nitrogen and oxygen atoms in total. The molecule has 0 rings (SSSR count). The molecular weight excluding hydrogens is 168 g/mol. The summed E-state index contributed by atoms with van der Waals surface area (Å²) in [4.78, 5) is 0. The van der Waals surface area contributed by atoms with E-state index < -0.39 is 0 Å². The Morgan fingerprint density at radius 2 is 1.86 bits per heavy atom. The lowest BCUT2D eigenvalue weighted by Gasteiger charge is -2.09. The molecule has 82 valence electrons. The van der Waals surface area contributed by atoms with Crippen molar-refractivity contribution < 1.29 is 0 Å². The molecule has 0 aliphatic heterocycles. The summed E-state index contributed by atoms with van der Waals surface area (Å²) in [6, 6.07) is 0. The van der Waals surface area contributed by atoms with Crippen molar-refractivity contribution in [2.75, 3.05) is 0 Å². The summed E-state index contributed by atoms with van der Waals surface area (Å²) < 4.78 is 0. The van der Waals surface area contributed by atoms with Crippen LogP contribution in [0.1, 0.15) is 53.4 Å². The van der Waals surface area contributed by atoms with Crippen molar-refractivity contribution in [3.8, 4) is 0 Å². The lowest BCUT2D eigenvalue weighted by Crippen LogP contribution is -1.95. The van der Waals surface area contributed by atoms with Gasteiger partial charge in [-0.1, -0.05) is 64.3 Å². The van der Waals surface area contributed by atoms with Crippen molar-refractivity contribution in [1.82, 2.24) is 0 Å². The molecule has 0 N–H and O–H groups in total. The molecule has 0 aromatic heterocycles. The molecule has 1 unspecified atom stereocenters. The minimum Gasteiger partial charge on any atom is -0.0961 e. The van der Waals surface area contributed by atoms with Gasteiger partial charge < -0.3 is 0 Å². The lowest BCUT2D eigenvalue weighted by molar-refractivity contribution is 0.461. The zero-order valence-corrected chi connectivity index (χ0v) is 10.3. The maximum absolute atomic E-state index is 3.85. The van der Waals surface area contributed by atoms with Crippen LogP contribution in [0.25, 0.3) is 0 Å². The average Bonchev–Trinajstić information content (AvgIpc) is 2.02. The van der Waals surface area contributed by atoms with E-state index in [-0.39, 0.29) is 0 Å². The number of rotatable bonds is 7. The van der Waals surface area contributed by atoms with Gasteiger partial charge in [-0.25, -0.2) is 0 Å². The molecule has 0 amide bonds. The lowest BCUT2D eigenvalue weighted by atomic mass is 9.97. The van der Waals surface area contributed by atoms with Gasteiger partial charge in [0, 0.05) is 0 Å². The minimum absolute atomic E-state index is 0.823. The summed E-state index contributed by atoms with van der Waals surface area (Å²) in [6.07, 6.45) is 9.68. The molecule has 0 heteroatoms. The van der Waals surface area contributed by atoms with Crippen LogP contribution in [0, 0.1) is 11.8 Å². The van der Waals surface area contributed by atoms with Crippen LogP contribution in [0.15, 0.2) is 24.3 Å². The van der Waals surface area contributed by atoms with Gasteiger partial charge in [-0.2, -0.15) is 0 Å². The minimum atomic E-state index is 0.823. The van der Waals surface area contributed by atoms with Crippen molar-refractivity contribution in [1.29, 1.82) is 0 Å². The fraction of sp³-hybridized carbons (Fsp3) is 0.714. The molecule has 0 aliphatic carbocycles. The molecule has 0 saturated carbocycles. The molecule has 0 saturated heterocycles. The summed E-state index contributed by atoms with van der Waals surface area (Å²) in [5.41, 5.74) is 1.15. The molecule has 0 fully saturated rings. The van der Waals surface area contributed by atoms with Crippen LogP contribution >= 0.6 is 0 Å². The van der Waals surface area contributed by atoms with E-state index in [4.69, 9.17) is 0 Å². The van der Waals surface area contributed by atoms with Crippen molar-refractivity contribution >= 4 is 0 Å². The van der Waals surface area contributed by atoms with E-state index >= 15 is 0 Å². The first-order chi connectivity index (χ1) is 6.52. The SMILES string of the molecule is C=C(C)C=CCC(C)CCCC(C)C. The van der Waals surface area contributed by atoms with E-state index in [1.807, 2.05) is 6.92 Å². The Labute approximate surface area is 90.1 Å². The normalized spacial score (nSPS) is 13.8. The second-order valence-corrected chi connectivity index (χ2v) is 4.91. The average molecular weight is 194 g/mol. The molecule has 0 spiro atoms. The maximum atomic E-state index is 3.85. The smallest absolute Gasteiger partial charge is 0.0322 e. The van der Waals surface area contributed by atoms with Crippen LogP contribution in [0.5, 0.6) is 0 Å². The molecule has 1 atom stereocenters. The number of hydrogen-bond donors (Lipinski definition) is 0. The molecule has 0 aromatic rings. The Morgan fingerprint density at radius 3 is 2.36 bits per heavy atom. The second-order valence-electron chi connectivity index (χ2n) is 4.91. The predicted molar refractivity (Wildman–Crippen MR) is 66.4 cm³/mol. The van der Waals surface area contributed by atoms with Gasteiger partial charge >= 0.3 is 0 Å². The fourth-order valence-corrected chi connectivity index (χ4v) is 1.49. The highest BCUT2D eigenvalue weighted by molar-refractivity contribution is 5.10. The molecule has 0 bridgehead atoms. The van der Waals surface area contributed by atoms with E-state index in [2.05, 4.69) is 39.5 Å². The molecule has 0 heterocycles. The topological polar surface area (TPSA) is 0 Å². The van der Waals surface area contributed by atoms with Crippen LogP contribution in [0.3, 0.4) is 0 Å². The van der Waals surface area contributed by atoms with Gasteiger partial charge in [-0.05, 0) is 25.2 Å². The molecule has 0 radical (unpaired) electrons. The number of allylic oxidation sites excluding steroid dienone is 3. The van der Waals surface area contributed by atoms with Gasteiger partial charge in [-0.3, -0.25) is 0 Å².